The molecule has 0 radical (unpaired) electrons. The third kappa shape index (κ3) is 4.26. The summed E-state index contributed by atoms with van der Waals surface area (Å²) in [6.07, 6.45) is 5.32. The van der Waals surface area contributed by atoms with E-state index in [2.05, 4.69) is 32.6 Å². The summed E-state index contributed by atoms with van der Waals surface area (Å²) in [5, 5.41) is 21.0. The summed E-state index contributed by atoms with van der Waals surface area (Å²) < 4.78 is 0. The zero-order valence-corrected chi connectivity index (χ0v) is 16.0. The van der Waals surface area contributed by atoms with Crippen molar-refractivity contribution in [2.45, 2.75) is 64.5 Å². The lowest BCUT2D eigenvalue weighted by Gasteiger charge is -2.42. The van der Waals surface area contributed by atoms with E-state index in [-0.39, 0.29) is 12.0 Å². The van der Waals surface area contributed by atoms with Crippen molar-refractivity contribution in [3.05, 3.63) is 35.9 Å². The standard InChI is InChI=1S/C22H33NO2/c1-4-21(13-8-9-14-21)22(25,20-11-6-5-7-12-20)15-10-16-23(17-18-24)19(2)3/h5-7,11-12,19,24-25H,4,8-9,13-14,16-18H2,1-3H3/p+1/t22-/m0/s1. The minimum absolute atomic E-state index is 0.156. The van der Waals surface area contributed by atoms with Crippen LogP contribution in [0.4, 0.5) is 0 Å². The minimum atomic E-state index is -1.10. The van der Waals surface area contributed by atoms with Crippen LogP contribution in [0.2, 0.25) is 0 Å². The summed E-state index contributed by atoms with van der Waals surface area (Å²) in [5.41, 5.74) is -0.337. The second kappa shape index (κ2) is 8.85. The van der Waals surface area contributed by atoms with Crippen LogP contribution < -0.4 is 4.90 Å². The summed E-state index contributed by atoms with van der Waals surface area (Å²) in [5.74, 6) is 6.57. The van der Waals surface area contributed by atoms with Gasteiger partial charge in [-0.1, -0.05) is 56.0 Å². The van der Waals surface area contributed by atoms with Gasteiger partial charge in [-0.25, -0.2) is 0 Å². The number of aliphatic hydroxyl groups excluding tert-OH is 1. The normalized spacial score (nSPS) is 19.9. The molecule has 2 atom stereocenters. The van der Waals surface area contributed by atoms with Gasteiger partial charge >= 0.3 is 0 Å². The van der Waals surface area contributed by atoms with Crippen molar-refractivity contribution in [3.63, 3.8) is 0 Å². The van der Waals surface area contributed by atoms with Crippen LogP contribution in [0, 0.1) is 17.3 Å². The van der Waals surface area contributed by atoms with E-state index in [1.165, 1.54) is 17.7 Å². The zero-order valence-electron chi connectivity index (χ0n) is 16.0. The Hall–Kier alpha value is -1.34. The molecule has 1 aliphatic carbocycles. The van der Waals surface area contributed by atoms with Gasteiger partial charge in [0.25, 0.3) is 0 Å². The number of hydrogen-bond acceptors (Lipinski definition) is 2. The van der Waals surface area contributed by atoms with E-state index in [1.54, 1.807) is 0 Å². The van der Waals surface area contributed by atoms with Crippen molar-refractivity contribution in [3.8, 4) is 11.8 Å². The first-order valence-corrected chi connectivity index (χ1v) is 9.72. The number of nitrogens with one attached hydrogen (secondary N) is 1. The molecule has 25 heavy (non-hydrogen) atoms. The highest BCUT2D eigenvalue weighted by Gasteiger charge is 2.50. The fraction of sp³-hybridized carbons (Fsp3) is 0.636. The number of quaternary nitrogens is 1. The van der Waals surface area contributed by atoms with Crippen LogP contribution in [-0.2, 0) is 5.60 Å². The van der Waals surface area contributed by atoms with E-state index in [4.69, 9.17) is 0 Å². The van der Waals surface area contributed by atoms with E-state index in [9.17, 15) is 10.2 Å². The molecule has 0 spiro atoms. The first kappa shape index (κ1) is 20.0. The molecule has 0 aromatic heterocycles. The van der Waals surface area contributed by atoms with Gasteiger partial charge in [0, 0.05) is 5.41 Å². The average Bonchev–Trinajstić information content (AvgIpc) is 3.12. The maximum Gasteiger partial charge on any atom is 0.156 e. The first-order chi connectivity index (χ1) is 12.0. The number of aliphatic hydroxyl groups is 2. The summed E-state index contributed by atoms with van der Waals surface area (Å²) >= 11 is 0. The SMILES string of the molecule is CCC1([C@](O)(C#CC[NH+](CCO)C(C)C)c2ccccc2)CCCC1. The maximum absolute atomic E-state index is 11.8. The lowest BCUT2D eigenvalue weighted by atomic mass is 9.65. The molecule has 1 aliphatic rings. The number of benzene rings is 1. The quantitative estimate of drug-likeness (QED) is 0.664. The predicted octanol–water partition coefficient (Wildman–Crippen LogP) is 2.13. The van der Waals surface area contributed by atoms with Gasteiger partial charge in [-0.05, 0) is 44.6 Å². The fourth-order valence-corrected chi connectivity index (χ4v) is 4.22. The zero-order chi connectivity index (χ0) is 18.3. The Kier molecular flexibility index (Phi) is 7.07. The first-order valence-electron chi connectivity index (χ1n) is 9.72. The Morgan fingerprint density at radius 3 is 2.36 bits per heavy atom. The van der Waals surface area contributed by atoms with Gasteiger partial charge < -0.3 is 15.1 Å². The van der Waals surface area contributed by atoms with Crippen LogP contribution in [0.5, 0.6) is 0 Å². The maximum atomic E-state index is 11.8. The Bertz CT molecular complexity index is 581. The Morgan fingerprint density at radius 2 is 1.84 bits per heavy atom. The van der Waals surface area contributed by atoms with Crippen LogP contribution in [-0.4, -0.2) is 36.0 Å². The summed E-state index contributed by atoms with van der Waals surface area (Å²) in [4.78, 5) is 1.25. The lowest BCUT2D eigenvalue weighted by molar-refractivity contribution is -0.914. The molecule has 3 N–H and O–H groups in total. The molecule has 1 unspecified atom stereocenters. The van der Waals surface area contributed by atoms with Crippen molar-refractivity contribution >= 4 is 0 Å². The molecule has 3 nitrogen and oxygen atoms in total. The van der Waals surface area contributed by atoms with E-state index in [1.807, 2.05) is 30.3 Å². The van der Waals surface area contributed by atoms with Gasteiger partial charge in [-0.2, -0.15) is 0 Å². The molecule has 1 aromatic carbocycles. The minimum Gasteiger partial charge on any atom is -0.391 e. The van der Waals surface area contributed by atoms with Crippen LogP contribution in [0.15, 0.2) is 30.3 Å². The molecule has 0 saturated heterocycles. The van der Waals surface area contributed by atoms with E-state index < -0.39 is 5.60 Å². The lowest BCUT2D eigenvalue weighted by Crippen LogP contribution is -3.15. The molecular weight excluding hydrogens is 310 g/mol. The van der Waals surface area contributed by atoms with Gasteiger partial charge in [0.2, 0.25) is 0 Å². The van der Waals surface area contributed by atoms with Gasteiger partial charge in [0.05, 0.1) is 12.6 Å². The van der Waals surface area contributed by atoms with Crippen molar-refractivity contribution < 1.29 is 15.1 Å². The van der Waals surface area contributed by atoms with E-state index >= 15 is 0 Å². The second-order valence-electron chi connectivity index (χ2n) is 7.68. The highest BCUT2D eigenvalue weighted by molar-refractivity contribution is 5.36. The molecule has 1 saturated carbocycles. The van der Waals surface area contributed by atoms with E-state index in [0.29, 0.717) is 19.1 Å². The predicted molar refractivity (Wildman–Crippen MR) is 102 cm³/mol. The Morgan fingerprint density at radius 1 is 1.20 bits per heavy atom. The summed E-state index contributed by atoms with van der Waals surface area (Å²) in [6.45, 7) is 7.96. The topological polar surface area (TPSA) is 44.9 Å². The Balaban J connectivity index is 2.35. The molecule has 0 bridgehead atoms. The van der Waals surface area contributed by atoms with Crippen molar-refractivity contribution in [2.24, 2.45) is 5.41 Å². The van der Waals surface area contributed by atoms with Gasteiger partial charge in [-0.3, -0.25) is 0 Å². The second-order valence-corrected chi connectivity index (χ2v) is 7.68. The highest BCUT2D eigenvalue weighted by Crippen LogP contribution is 2.53. The largest absolute Gasteiger partial charge is 0.391 e. The molecule has 138 valence electrons. The molecule has 0 heterocycles. The molecule has 1 aromatic rings. The Labute approximate surface area is 153 Å². The summed E-state index contributed by atoms with van der Waals surface area (Å²) in [6, 6.07) is 10.4. The van der Waals surface area contributed by atoms with Crippen molar-refractivity contribution in [2.75, 3.05) is 19.7 Å². The third-order valence-electron chi connectivity index (χ3n) is 6.03. The number of rotatable bonds is 7. The fourth-order valence-electron chi connectivity index (χ4n) is 4.22. The smallest absolute Gasteiger partial charge is 0.156 e. The number of hydrogen-bond donors (Lipinski definition) is 3. The van der Waals surface area contributed by atoms with E-state index in [0.717, 1.165) is 24.8 Å². The van der Waals surface area contributed by atoms with Crippen LogP contribution in [0.25, 0.3) is 0 Å². The van der Waals surface area contributed by atoms with Gasteiger partial charge in [0.15, 0.2) is 5.60 Å². The van der Waals surface area contributed by atoms with Gasteiger partial charge in [0.1, 0.15) is 13.1 Å². The average molecular weight is 345 g/mol. The van der Waals surface area contributed by atoms with Gasteiger partial charge in [-0.15, -0.1) is 0 Å². The highest BCUT2D eigenvalue weighted by atomic mass is 16.3. The molecule has 2 rings (SSSR count). The van der Waals surface area contributed by atoms with Crippen LogP contribution in [0.1, 0.15) is 58.4 Å². The van der Waals surface area contributed by atoms with Crippen LogP contribution in [0.3, 0.4) is 0 Å². The van der Waals surface area contributed by atoms with Crippen LogP contribution >= 0.6 is 0 Å². The molecule has 1 fully saturated rings. The molecule has 0 amide bonds. The molecular formula is C22H34NO2+. The summed E-state index contributed by atoms with van der Waals surface area (Å²) in [7, 11) is 0. The molecule has 3 heteroatoms. The monoisotopic (exact) mass is 344 g/mol. The third-order valence-corrected chi connectivity index (χ3v) is 6.03. The van der Waals surface area contributed by atoms with Crippen molar-refractivity contribution in [1.29, 1.82) is 0 Å². The van der Waals surface area contributed by atoms with Crippen molar-refractivity contribution in [1.82, 2.24) is 0 Å². The molecule has 0 aliphatic heterocycles.